The van der Waals surface area contributed by atoms with Crippen molar-refractivity contribution in [1.29, 1.82) is 0 Å². The second kappa shape index (κ2) is 11.0. The zero-order valence-corrected chi connectivity index (χ0v) is 8.65. The summed E-state index contributed by atoms with van der Waals surface area (Å²) in [6, 6.07) is 0. The number of rotatable bonds is 9. The predicted octanol–water partition coefficient (Wildman–Crippen LogP) is 4.62. The molecule has 0 bridgehead atoms. The zero-order valence-electron chi connectivity index (χ0n) is 8.65. The Morgan fingerprint density at radius 3 is 1.50 bits per heavy atom. The summed E-state index contributed by atoms with van der Waals surface area (Å²) in [4.78, 5) is 0. The van der Waals surface area contributed by atoms with E-state index in [0.29, 0.717) is 0 Å². The molecule has 0 saturated carbocycles. The summed E-state index contributed by atoms with van der Waals surface area (Å²) in [5, 5.41) is 0. The molecule has 0 aromatic heterocycles. The van der Waals surface area contributed by atoms with E-state index in [4.69, 9.17) is 6.92 Å². The van der Waals surface area contributed by atoms with Crippen LogP contribution in [0.1, 0.15) is 71.1 Å². The Balaban J connectivity index is 2.73. The minimum Gasteiger partial charge on any atom is -0.0654 e. The lowest BCUT2D eigenvalue weighted by Gasteiger charge is -1.99. The molecule has 0 heterocycles. The van der Waals surface area contributed by atoms with Crippen molar-refractivity contribution < 1.29 is 0 Å². The molecule has 0 aliphatic rings. The van der Waals surface area contributed by atoms with Crippen molar-refractivity contribution in [2.24, 2.45) is 0 Å². The van der Waals surface area contributed by atoms with E-state index in [1.165, 1.54) is 57.8 Å². The maximum atomic E-state index is 5.41. The molecular formula is C12H24. The van der Waals surface area contributed by atoms with Gasteiger partial charge in [-0.1, -0.05) is 64.7 Å². The molecule has 12 heavy (non-hydrogen) atoms. The van der Waals surface area contributed by atoms with Crippen molar-refractivity contribution in [3.63, 3.8) is 0 Å². The maximum Gasteiger partial charge on any atom is -0.0352 e. The first kappa shape index (κ1) is 12.0. The molecule has 0 heteroatoms. The van der Waals surface area contributed by atoms with Crippen LogP contribution < -0.4 is 0 Å². The first-order valence-electron chi connectivity index (χ1n) is 5.62. The summed E-state index contributed by atoms with van der Waals surface area (Å²) in [6.07, 6.45) is 13.3. The van der Waals surface area contributed by atoms with Gasteiger partial charge in [0, 0.05) is 0 Å². The normalized spacial score (nSPS) is 10.5. The van der Waals surface area contributed by atoms with Crippen LogP contribution in [0.5, 0.6) is 0 Å². The topological polar surface area (TPSA) is 0 Å². The fourth-order valence-electron chi connectivity index (χ4n) is 1.45. The minimum absolute atomic E-state index is 0.871. The van der Waals surface area contributed by atoms with Gasteiger partial charge in [-0.25, -0.2) is 0 Å². The summed E-state index contributed by atoms with van der Waals surface area (Å²) in [5.41, 5.74) is 0. The van der Waals surface area contributed by atoms with Crippen molar-refractivity contribution in [2.45, 2.75) is 71.1 Å². The van der Waals surface area contributed by atoms with Crippen LogP contribution in [0.2, 0.25) is 0 Å². The molecule has 0 amide bonds. The van der Waals surface area contributed by atoms with Gasteiger partial charge in [-0.2, -0.15) is 0 Å². The molecular weight excluding hydrogens is 144 g/mol. The molecule has 0 N–H and O–H groups in total. The van der Waals surface area contributed by atoms with Gasteiger partial charge < -0.3 is 0 Å². The Labute approximate surface area is 78.8 Å². The highest BCUT2D eigenvalue weighted by Gasteiger charge is 1.90. The maximum absolute atomic E-state index is 5.41. The average Bonchev–Trinajstić information content (AvgIpc) is 2.10. The number of hydrogen-bond donors (Lipinski definition) is 0. The van der Waals surface area contributed by atoms with E-state index < -0.39 is 0 Å². The smallest absolute Gasteiger partial charge is 0.0352 e. The van der Waals surface area contributed by atoms with Crippen molar-refractivity contribution in [3.8, 4) is 0 Å². The van der Waals surface area contributed by atoms with Gasteiger partial charge in [0.05, 0.1) is 0 Å². The Morgan fingerprint density at radius 1 is 0.667 bits per heavy atom. The Morgan fingerprint density at radius 2 is 1.08 bits per heavy atom. The molecule has 0 aliphatic carbocycles. The standard InChI is InChI=1S/C12H24/c1-3-5-7-9-11-12-10-8-6-4-2/h1H,3-12H2,2H3. The summed E-state index contributed by atoms with van der Waals surface area (Å²) < 4.78 is 0. The van der Waals surface area contributed by atoms with E-state index in [2.05, 4.69) is 6.92 Å². The van der Waals surface area contributed by atoms with E-state index in [9.17, 15) is 0 Å². The monoisotopic (exact) mass is 168 g/mol. The fourth-order valence-corrected chi connectivity index (χ4v) is 1.45. The molecule has 0 fully saturated rings. The van der Waals surface area contributed by atoms with Gasteiger partial charge in [0.15, 0.2) is 0 Å². The molecule has 0 aromatic carbocycles. The van der Waals surface area contributed by atoms with Crippen LogP contribution in [0.15, 0.2) is 0 Å². The Hall–Kier alpha value is 0. The van der Waals surface area contributed by atoms with Gasteiger partial charge in [0.25, 0.3) is 0 Å². The second-order valence-corrected chi connectivity index (χ2v) is 3.62. The van der Waals surface area contributed by atoms with Crippen molar-refractivity contribution in [1.82, 2.24) is 0 Å². The van der Waals surface area contributed by atoms with Gasteiger partial charge in [-0.3, -0.25) is 0 Å². The zero-order chi connectivity index (χ0) is 9.07. The van der Waals surface area contributed by atoms with Crippen LogP contribution in [-0.2, 0) is 0 Å². The first-order chi connectivity index (χ1) is 5.91. The van der Waals surface area contributed by atoms with Crippen LogP contribution in [0, 0.1) is 6.92 Å². The number of unbranched alkanes of at least 4 members (excludes halogenated alkanes) is 9. The molecule has 72 valence electrons. The second-order valence-electron chi connectivity index (χ2n) is 3.62. The van der Waals surface area contributed by atoms with Crippen LogP contribution in [0.25, 0.3) is 0 Å². The van der Waals surface area contributed by atoms with Gasteiger partial charge in [0.1, 0.15) is 0 Å². The Bertz CT molecular complexity index is 56.4. The highest BCUT2D eigenvalue weighted by atomic mass is 14.0. The largest absolute Gasteiger partial charge is 0.0654 e. The van der Waals surface area contributed by atoms with Crippen molar-refractivity contribution in [3.05, 3.63) is 6.92 Å². The lowest BCUT2D eigenvalue weighted by Crippen LogP contribution is -1.80. The van der Waals surface area contributed by atoms with Crippen molar-refractivity contribution in [2.75, 3.05) is 0 Å². The third kappa shape index (κ3) is 10.0. The molecule has 0 saturated heterocycles. The molecule has 0 rings (SSSR count). The minimum atomic E-state index is 0.871. The molecule has 0 atom stereocenters. The highest BCUT2D eigenvalue weighted by molar-refractivity contribution is 4.47. The lowest BCUT2D eigenvalue weighted by molar-refractivity contribution is 0.566. The van der Waals surface area contributed by atoms with E-state index in [1.807, 2.05) is 0 Å². The molecule has 0 unspecified atom stereocenters. The fraction of sp³-hybridized carbons (Fsp3) is 0.917. The van der Waals surface area contributed by atoms with E-state index >= 15 is 0 Å². The van der Waals surface area contributed by atoms with E-state index in [-0.39, 0.29) is 0 Å². The molecule has 0 aliphatic heterocycles. The third-order valence-electron chi connectivity index (χ3n) is 2.31. The van der Waals surface area contributed by atoms with Crippen LogP contribution in [-0.4, -0.2) is 0 Å². The van der Waals surface area contributed by atoms with Crippen LogP contribution in [0.4, 0.5) is 0 Å². The van der Waals surface area contributed by atoms with Gasteiger partial charge in [-0.15, -0.1) is 0 Å². The van der Waals surface area contributed by atoms with Gasteiger partial charge in [0.2, 0.25) is 0 Å². The van der Waals surface area contributed by atoms with E-state index in [1.54, 1.807) is 0 Å². The van der Waals surface area contributed by atoms with Gasteiger partial charge >= 0.3 is 0 Å². The van der Waals surface area contributed by atoms with Gasteiger partial charge in [-0.05, 0) is 13.3 Å². The SMILES string of the molecule is [CH]CCCCCCCCCCC. The quantitative estimate of drug-likeness (QED) is 0.441. The summed E-state index contributed by atoms with van der Waals surface area (Å²) in [6.45, 7) is 7.67. The Kier molecular flexibility index (Phi) is 11.0. The lowest BCUT2D eigenvalue weighted by atomic mass is 10.1. The third-order valence-corrected chi connectivity index (χ3v) is 2.31. The van der Waals surface area contributed by atoms with E-state index in [0.717, 1.165) is 6.42 Å². The number of hydrogen-bond acceptors (Lipinski definition) is 0. The van der Waals surface area contributed by atoms with Crippen LogP contribution >= 0.6 is 0 Å². The molecule has 0 spiro atoms. The molecule has 0 nitrogen and oxygen atoms in total. The average molecular weight is 168 g/mol. The predicted molar refractivity (Wildman–Crippen MR) is 56.1 cm³/mol. The highest BCUT2D eigenvalue weighted by Crippen LogP contribution is 2.09. The summed E-state index contributed by atoms with van der Waals surface area (Å²) >= 11 is 0. The first-order valence-corrected chi connectivity index (χ1v) is 5.62. The van der Waals surface area contributed by atoms with Crippen LogP contribution in [0.3, 0.4) is 0 Å². The van der Waals surface area contributed by atoms with Crippen molar-refractivity contribution >= 4 is 0 Å². The summed E-state index contributed by atoms with van der Waals surface area (Å²) in [5.74, 6) is 0. The molecule has 0 aromatic rings. The molecule has 2 radical (unpaired) electrons. The summed E-state index contributed by atoms with van der Waals surface area (Å²) in [7, 11) is 0.